The first-order valence-corrected chi connectivity index (χ1v) is 9.73. The topological polar surface area (TPSA) is 92.3 Å². The lowest BCUT2D eigenvalue weighted by atomic mass is 10.2. The monoisotopic (exact) mass is 406 g/mol. The van der Waals surface area contributed by atoms with E-state index in [1.807, 2.05) is 18.2 Å². The average molecular weight is 406 g/mol. The Labute approximate surface area is 171 Å². The molecule has 1 fully saturated rings. The zero-order valence-corrected chi connectivity index (χ0v) is 16.0. The van der Waals surface area contributed by atoms with Crippen molar-refractivity contribution in [1.82, 2.24) is 14.5 Å². The first-order valence-electron chi connectivity index (χ1n) is 9.73. The van der Waals surface area contributed by atoms with Crippen LogP contribution < -0.4 is 5.73 Å². The highest BCUT2D eigenvalue weighted by Gasteiger charge is 2.27. The zero-order chi connectivity index (χ0) is 20.7. The van der Waals surface area contributed by atoms with Crippen molar-refractivity contribution in [2.75, 3.05) is 18.9 Å². The standard InChI is InChI=1S/C22H19FN4O3/c23-13-5-3-6-14(11-13)27-20(24)18(22(28)30-12-15-7-4-10-29-15)19-21(27)26-17-9-2-1-8-16(17)25-19/h1-3,5-6,8-9,11,15H,4,7,10,12,24H2. The molecule has 1 atom stereocenters. The van der Waals surface area contributed by atoms with Crippen molar-refractivity contribution in [3.63, 3.8) is 0 Å². The van der Waals surface area contributed by atoms with Crippen LogP contribution in [0.5, 0.6) is 0 Å². The van der Waals surface area contributed by atoms with Crippen molar-refractivity contribution >= 4 is 34.0 Å². The molecule has 0 spiro atoms. The summed E-state index contributed by atoms with van der Waals surface area (Å²) in [7, 11) is 0. The SMILES string of the molecule is Nc1c(C(=O)OCC2CCCO2)c2nc3ccccc3nc2n1-c1cccc(F)c1. The van der Waals surface area contributed by atoms with E-state index < -0.39 is 11.8 Å². The van der Waals surface area contributed by atoms with E-state index in [0.29, 0.717) is 34.5 Å². The Kier molecular flexibility index (Phi) is 4.55. The van der Waals surface area contributed by atoms with E-state index in [4.69, 9.17) is 15.2 Å². The summed E-state index contributed by atoms with van der Waals surface area (Å²) in [6, 6.07) is 13.2. The highest BCUT2D eigenvalue weighted by atomic mass is 19.1. The molecule has 0 amide bonds. The molecule has 1 unspecified atom stereocenters. The van der Waals surface area contributed by atoms with E-state index in [1.165, 1.54) is 16.7 Å². The van der Waals surface area contributed by atoms with Crippen LogP contribution in [-0.4, -0.2) is 39.8 Å². The zero-order valence-electron chi connectivity index (χ0n) is 16.0. The van der Waals surface area contributed by atoms with Crippen LogP contribution in [0, 0.1) is 5.82 Å². The lowest BCUT2D eigenvalue weighted by Crippen LogP contribution is -2.18. The molecular formula is C22H19FN4O3. The number of aromatic nitrogens is 3. The molecule has 3 heterocycles. The second kappa shape index (κ2) is 7.38. The second-order valence-corrected chi connectivity index (χ2v) is 7.19. The first kappa shape index (κ1) is 18.5. The largest absolute Gasteiger partial charge is 0.459 e. The molecule has 7 nitrogen and oxygen atoms in total. The molecular weight excluding hydrogens is 387 g/mol. The molecule has 4 aromatic rings. The van der Waals surface area contributed by atoms with E-state index in [-0.39, 0.29) is 24.1 Å². The predicted molar refractivity (Wildman–Crippen MR) is 110 cm³/mol. The molecule has 1 aliphatic rings. The van der Waals surface area contributed by atoms with Gasteiger partial charge in [0, 0.05) is 6.61 Å². The number of carbonyl (C=O) groups excluding carboxylic acids is 1. The van der Waals surface area contributed by atoms with Gasteiger partial charge in [-0.15, -0.1) is 0 Å². The van der Waals surface area contributed by atoms with Crippen LogP contribution in [0.4, 0.5) is 10.2 Å². The summed E-state index contributed by atoms with van der Waals surface area (Å²) in [5.41, 5.74) is 8.87. The van der Waals surface area contributed by atoms with Gasteiger partial charge in [-0.05, 0) is 43.2 Å². The third-order valence-corrected chi connectivity index (χ3v) is 5.19. The highest BCUT2D eigenvalue weighted by molar-refractivity contribution is 6.09. The number of halogens is 1. The first-order chi connectivity index (χ1) is 14.6. The third-order valence-electron chi connectivity index (χ3n) is 5.19. The number of anilines is 1. The molecule has 152 valence electrons. The quantitative estimate of drug-likeness (QED) is 0.521. The minimum atomic E-state index is -0.604. The van der Waals surface area contributed by atoms with Crippen molar-refractivity contribution in [1.29, 1.82) is 0 Å². The minimum Gasteiger partial charge on any atom is -0.459 e. The van der Waals surface area contributed by atoms with Gasteiger partial charge >= 0.3 is 5.97 Å². The molecule has 0 aliphatic carbocycles. The Morgan fingerprint density at radius 1 is 1.20 bits per heavy atom. The Morgan fingerprint density at radius 3 is 2.73 bits per heavy atom. The number of nitrogens with two attached hydrogens (primary N) is 1. The summed E-state index contributed by atoms with van der Waals surface area (Å²) in [4.78, 5) is 22.2. The number of carbonyl (C=O) groups is 1. The van der Waals surface area contributed by atoms with Crippen molar-refractivity contribution in [2.45, 2.75) is 18.9 Å². The Morgan fingerprint density at radius 2 is 2.00 bits per heavy atom. The normalized spacial score (nSPS) is 16.4. The average Bonchev–Trinajstić information content (AvgIpc) is 3.35. The molecule has 30 heavy (non-hydrogen) atoms. The van der Waals surface area contributed by atoms with Gasteiger partial charge in [0.05, 0.1) is 22.8 Å². The fourth-order valence-corrected chi connectivity index (χ4v) is 3.76. The van der Waals surface area contributed by atoms with Crippen molar-refractivity contribution in [2.24, 2.45) is 0 Å². The Balaban J connectivity index is 1.67. The summed E-state index contributed by atoms with van der Waals surface area (Å²) >= 11 is 0. The van der Waals surface area contributed by atoms with Gasteiger partial charge in [-0.25, -0.2) is 19.2 Å². The van der Waals surface area contributed by atoms with Crippen LogP contribution in [0.15, 0.2) is 48.5 Å². The molecule has 1 aliphatic heterocycles. The molecule has 5 rings (SSSR count). The van der Waals surface area contributed by atoms with Crippen LogP contribution in [0.1, 0.15) is 23.2 Å². The number of para-hydroxylation sites is 2. The van der Waals surface area contributed by atoms with Crippen molar-refractivity contribution < 1.29 is 18.7 Å². The summed E-state index contributed by atoms with van der Waals surface area (Å²) in [6.45, 7) is 0.812. The summed E-state index contributed by atoms with van der Waals surface area (Å²) in [5.74, 6) is -0.930. The summed E-state index contributed by atoms with van der Waals surface area (Å²) in [5, 5.41) is 0. The number of rotatable bonds is 4. The summed E-state index contributed by atoms with van der Waals surface area (Å²) < 4.78 is 26.4. The lowest BCUT2D eigenvalue weighted by molar-refractivity contribution is 0.0163. The van der Waals surface area contributed by atoms with Gasteiger partial charge in [0.25, 0.3) is 0 Å². The molecule has 8 heteroatoms. The van der Waals surface area contributed by atoms with Gasteiger partial charge in [0.15, 0.2) is 5.65 Å². The molecule has 2 aromatic carbocycles. The Bertz CT molecular complexity index is 1260. The maximum Gasteiger partial charge on any atom is 0.344 e. The predicted octanol–water partition coefficient (Wildman–Crippen LogP) is 3.63. The number of nitrogens with zero attached hydrogens (tertiary/aromatic N) is 3. The van der Waals surface area contributed by atoms with Gasteiger partial charge in [0.1, 0.15) is 29.3 Å². The van der Waals surface area contributed by atoms with Crippen LogP contribution in [0.3, 0.4) is 0 Å². The molecule has 1 saturated heterocycles. The van der Waals surface area contributed by atoms with Crippen LogP contribution in [0.2, 0.25) is 0 Å². The lowest BCUT2D eigenvalue weighted by Gasteiger charge is -2.10. The smallest absolute Gasteiger partial charge is 0.344 e. The highest BCUT2D eigenvalue weighted by Crippen LogP contribution is 2.31. The minimum absolute atomic E-state index is 0.100. The molecule has 0 saturated carbocycles. The number of hydrogen-bond acceptors (Lipinski definition) is 6. The number of ether oxygens (including phenoxy) is 2. The van der Waals surface area contributed by atoms with E-state index in [1.54, 1.807) is 18.2 Å². The number of nitrogen functional groups attached to an aromatic ring is 1. The van der Waals surface area contributed by atoms with Gasteiger partial charge in [-0.3, -0.25) is 4.57 Å². The van der Waals surface area contributed by atoms with Gasteiger partial charge < -0.3 is 15.2 Å². The fourth-order valence-electron chi connectivity index (χ4n) is 3.76. The fraction of sp³-hybridized carbons (Fsp3) is 0.227. The van der Waals surface area contributed by atoms with Gasteiger partial charge in [-0.1, -0.05) is 18.2 Å². The number of esters is 1. The van der Waals surface area contributed by atoms with Crippen LogP contribution in [-0.2, 0) is 9.47 Å². The van der Waals surface area contributed by atoms with E-state index >= 15 is 0 Å². The number of fused-ring (bicyclic) bond motifs is 2. The van der Waals surface area contributed by atoms with Crippen molar-refractivity contribution in [3.05, 3.63) is 59.9 Å². The van der Waals surface area contributed by atoms with Crippen molar-refractivity contribution in [3.8, 4) is 5.69 Å². The maximum atomic E-state index is 13.9. The molecule has 2 aromatic heterocycles. The van der Waals surface area contributed by atoms with E-state index in [9.17, 15) is 9.18 Å². The van der Waals surface area contributed by atoms with E-state index in [0.717, 1.165) is 12.8 Å². The maximum absolute atomic E-state index is 13.9. The van der Waals surface area contributed by atoms with Gasteiger partial charge in [0.2, 0.25) is 0 Å². The molecule has 2 N–H and O–H groups in total. The Hall–Kier alpha value is -3.52. The number of hydrogen-bond donors (Lipinski definition) is 1. The second-order valence-electron chi connectivity index (χ2n) is 7.19. The van der Waals surface area contributed by atoms with Crippen LogP contribution >= 0.6 is 0 Å². The molecule has 0 radical (unpaired) electrons. The van der Waals surface area contributed by atoms with E-state index in [2.05, 4.69) is 9.97 Å². The number of benzene rings is 2. The third kappa shape index (κ3) is 3.15. The van der Waals surface area contributed by atoms with Gasteiger partial charge in [-0.2, -0.15) is 0 Å². The molecule has 0 bridgehead atoms. The van der Waals surface area contributed by atoms with Crippen LogP contribution in [0.25, 0.3) is 27.9 Å². The summed E-state index contributed by atoms with van der Waals surface area (Å²) in [6.07, 6.45) is 1.68.